The lowest BCUT2D eigenvalue weighted by molar-refractivity contribution is -0.121. The van der Waals surface area contributed by atoms with E-state index in [-0.39, 0.29) is 24.5 Å². The predicted molar refractivity (Wildman–Crippen MR) is 109 cm³/mol. The van der Waals surface area contributed by atoms with Crippen LogP contribution < -0.4 is 15.0 Å². The Kier molecular flexibility index (Phi) is 7.00. The van der Waals surface area contributed by atoms with E-state index in [0.29, 0.717) is 18.7 Å². The van der Waals surface area contributed by atoms with Gasteiger partial charge in [0.25, 0.3) is 0 Å². The molecular formula is C22H27N3O3. The maximum absolute atomic E-state index is 12.2. The van der Waals surface area contributed by atoms with E-state index in [2.05, 4.69) is 15.2 Å². The summed E-state index contributed by atoms with van der Waals surface area (Å²) in [4.78, 5) is 31.1. The number of carbonyl (C=O) groups excluding carboxylic acids is 2. The van der Waals surface area contributed by atoms with Crippen molar-refractivity contribution in [2.24, 2.45) is 0 Å². The van der Waals surface area contributed by atoms with Gasteiger partial charge in [0, 0.05) is 44.2 Å². The second-order valence-corrected chi connectivity index (χ2v) is 6.87. The van der Waals surface area contributed by atoms with Crippen LogP contribution in [-0.4, -0.2) is 36.4 Å². The van der Waals surface area contributed by atoms with Crippen molar-refractivity contribution >= 4 is 17.5 Å². The molecule has 0 unspecified atom stereocenters. The van der Waals surface area contributed by atoms with E-state index in [9.17, 15) is 9.59 Å². The zero-order valence-corrected chi connectivity index (χ0v) is 16.3. The third-order valence-electron chi connectivity index (χ3n) is 4.80. The number of aromatic nitrogens is 1. The van der Waals surface area contributed by atoms with Gasteiger partial charge < -0.3 is 15.0 Å². The van der Waals surface area contributed by atoms with Gasteiger partial charge in [-0.25, -0.2) is 4.98 Å². The lowest BCUT2D eigenvalue weighted by atomic mass is 10.1. The fraction of sp³-hybridized carbons (Fsp3) is 0.409. The standard InChI is InChI=1S/C22H27N3O3/c1-2-28-19-7-5-18(6-8-19)20(26)9-10-22(27)24-16-17-11-12-23-21(15-17)25-13-3-4-14-25/h5-8,11-12,15H,2-4,9-10,13-14,16H2,1H3,(H,24,27). The number of carbonyl (C=O) groups is 2. The molecule has 148 valence electrons. The molecule has 2 aromatic rings. The van der Waals surface area contributed by atoms with Gasteiger partial charge in [0.05, 0.1) is 6.61 Å². The summed E-state index contributed by atoms with van der Waals surface area (Å²) in [5.74, 6) is 1.54. The number of ketones is 1. The number of anilines is 1. The van der Waals surface area contributed by atoms with Crippen molar-refractivity contribution in [3.8, 4) is 5.75 Å². The molecule has 6 heteroatoms. The molecule has 1 aliphatic rings. The van der Waals surface area contributed by atoms with Gasteiger partial charge in [0.2, 0.25) is 5.91 Å². The first-order valence-corrected chi connectivity index (χ1v) is 9.88. The van der Waals surface area contributed by atoms with Crippen LogP contribution >= 0.6 is 0 Å². The molecule has 1 aromatic heterocycles. The summed E-state index contributed by atoms with van der Waals surface area (Å²) < 4.78 is 5.37. The molecule has 28 heavy (non-hydrogen) atoms. The number of Topliss-reactive ketones (excluding diaryl/α,β-unsaturated/α-hetero) is 1. The summed E-state index contributed by atoms with van der Waals surface area (Å²) in [5.41, 5.74) is 1.61. The van der Waals surface area contributed by atoms with Gasteiger partial charge >= 0.3 is 0 Å². The second-order valence-electron chi connectivity index (χ2n) is 6.87. The Morgan fingerprint density at radius 2 is 1.86 bits per heavy atom. The van der Waals surface area contributed by atoms with Crippen LogP contribution in [0, 0.1) is 0 Å². The molecule has 0 radical (unpaired) electrons. The Morgan fingerprint density at radius 3 is 2.57 bits per heavy atom. The molecule has 0 atom stereocenters. The van der Waals surface area contributed by atoms with E-state index in [1.54, 1.807) is 30.5 Å². The monoisotopic (exact) mass is 381 g/mol. The molecule has 1 aromatic carbocycles. The molecule has 0 aliphatic carbocycles. The summed E-state index contributed by atoms with van der Waals surface area (Å²) in [6.45, 7) is 5.02. The van der Waals surface area contributed by atoms with E-state index in [1.165, 1.54) is 12.8 Å². The molecule has 2 heterocycles. The van der Waals surface area contributed by atoms with Crippen LogP contribution in [0.5, 0.6) is 5.75 Å². The number of ether oxygens (including phenoxy) is 1. The van der Waals surface area contributed by atoms with Crippen molar-refractivity contribution in [1.82, 2.24) is 10.3 Å². The highest BCUT2D eigenvalue weighted by Gasteiger charge is 2.14. The fourth-order valence-electron chi connectivity index (χ4n) is 3.25. The summed E-state index contributed by atoms with van der Waals surface area (Å²) in [7, 11) is 0. The lowest BCUT2D eigenvalue weighted by Crippen LogP contribution is -2.24. The average molecular weight is 381 g/mol. The largest absolute Gasteiger partial charge is 0.494 e. The van der Waals surface area contributed by atoms with Crippen molar-refractivity contribution in [2.75, 3.05) is 24.6 Å². The number of hydrogen-bond donors (Lipinski definition) is 1. The van der Waals surface area contributed by atoms with Gasteiger partial charge in [-0.15, -0.1) is 0 Å². The highest BCUT2D eigenvalue weighted by atomic mass is 16.5. The second kappa shape index (κ2) is 9.88. The third kappa shape index (κ3) is 5.55. The Bertz CT molecular complexity index is 799. The molecule has 1 amide bonds. The maximum atomic E-state index is 12.2. The zero-order valence-electron chi connectivity index (χ0n) is 16.3. The molecule has 1 aliphatic heterocycles. The highest BCUT2D eigenvalue weighted by Crippen LogP contribution is 2.18. The summed E-state index contributed by atoms with van der Waals surface area (Å²) in [5, 5.41) is 2.89. The van der Waals surface area contributed by atoms with Crippen LogP contribution in [0.3, 0.4) is 0 Å². The van der Waals surface area contributed by atoms with Crippen molar-refractivity contribution < 1.29 is 14.3 Å². The Balaban J connectivity index is 1.44. The fourth-order valence-corrected chi connectivity index (χ4v) is 3.25. The molecule has 1 N–H and O–H groups in total. The van der Waals surface area contributed by atoms with Gasteiger partial charge in [-0.1, -0.05) is 0 Å². The summed E-state index contributed by atoms with van der Waals surface area (Å²) in [6.07, 6.45) is 4.55. The quantitative estimate of drug-likeness (QED) is 0.675. The molecule has 0 saturated carbocycles. The van der Waals surface area contributed by atoms with Gasteiger partial charge in [-0.2, -0.15) is 0 Å². The van der Waals surface area contributed by atoms with Crippen LogP contribution in [0.4, 0.5) is 5.82 Å². The van der Waals surface area contributed by atoms with E-state index in [1.807, 2.05) is 19.1 Å². The maximum Gasteiger partial charge on any atom is 0.220 e. The Labute approximate surface area is 165 Å². The topological polar surface area (TPSA) is 71.5 Å². The first kappa shape index (κ1) is 19.9. The van der Waals surface area contributed by atoms with Gasteiger partial charge in [-0.3, -0.25) is 9.59 Å². The predicted octanol–water partition coefficient (Wildman–Crippen LogP) is 3.36. The minimum absolute atomic E-state index is 0.0431. The number of amides is 1. The van der Waals surface area contributed by atoms with Crippen molar-refractivity contribution in [1.29, 1.82) is 0 Å². The minimum atomic E-state index is -0.126. The summed E-state index contributed by atoms with van der Waals surface area (Å²) >= 11 is 0. The molecule has 6 nitrogen and oxygen atoms in total. The molecule has 1 fully saturated rings. The smallest absolute Gasteiger partial charge is 0.220 e. The molecule has 0 bridgehead atoms. The van der Waals surface area contributed by atoms with Gasteiger partial charge in [0.15, 0.2) is 5.78 Å². The number of benzene rings is 1. The zero-order chi connectivity index (χ0) is 19.8. The SMILES string of the molecule is CCOc1ccc(C(=O)CCC(=O)NCc2ccnc(N3CCCC3)c2)cc1. The number of rotatable bonds is 9. The molecule has 0 spiro atoms. The van der Waals surface area contributed by atoms with Crippen molar-refractivity contribution in [3.05, 3.63) is 53.7 Å². The van der Waals surface area contributed by atoms with Gasteiger partial charge in [0.1, 0.15) is 11.6 Å². The summed E-state index contributed by atoms with van der Waals surface area (Å²) in [6, 6.07) is 11.0. The number of hydrogen-bond acceptors (Lipinski definition) is 5. The normalized spacial score (nSPS) is 13.4. The van der Waals surface area contributed by atoms with Crippen LogP contribution in [0.2, 0.25) is 0 Å². The van der Waals surface area contributed by atoms with E-state index >= 15 is 0 Å². The first-order valence-electron chi connectivity index (χ1n) is 9.88. The van der Waals surface area contributed by atoms with Crippen LogP contribution in [0.1, 0.15) is 48.5 Å². The van der Waals surface area contributed by atoms with Crippen LogP contribution in [-0.2, 0) is 11.3 Å². The molecule has 1 saturated heterocycles. The van der Waals surface area contributed by atoms with Crippen LogP contribution in [0.15, 0.2) is 42.6 Å². The molecule has 3 rings (SSSR count). The van der Waals surface area contributed by atoms with Crippen molar-refractivity contribution in [3.63, 3.8) is 0 Å². The van der Waals surface area contributed by atoms with E-state index < -0.39 is 0 Å². The van der Waals surface area contributed by atoms with E-state index in [0.717, 1.165) is 30.2 Å². The van der Waals surface area contributed by atoms with Gasteiger partial charge in [-0.05, 0) is 61.7 Å². The lowest BCUT2D eigenvalue weighted by Gasteiger charge is -2.17. The average Bonchev–Trinajstić information content (AvgIpc) is 3.26. The number of pyridine rings is 1. The Morgan fingerprint density at radius 1 is 1.11 bits per heavy atom. The highest BCUT2D eigenvalue weighted by molar-refractivity contribution is 5.98. The minimum Gasteiger partial charge on any atom is -0.494 e. The number of nitrogens with one attached hydrogen (secondary N) is 1. The Hall–Kier alpha value is -2.89. The molecular weight excluding hydrogens is 354 g/mol. The van der Waals surface area contributed by atoms with Crippen LogP contribution in [0.25, 0.3) is 0 Å². The third-order valence-corrected chi connectivity index (χ3v) is 4.80. The van der Waals surface area contributed by atoms with E-state index in [4.69, 9.17) is 4.74 Å². The first-order chi connectivity index (χ1) is 13.7. The van der Waals surface area contributed by atoms with Crippen molar-refractivity contribution in [2.45, 2.75) is 39.2 Å². The number of nitrogens with zero attached hydrogens (tertiary/aromatic N) is 2.